The second-order valence-corrected chi connectivity index (χ2v) is 5.63. The van der Waals surface area contributed by atoms with Gasteiger partial charge in [0.05, 0.1) is 16.5 Å². The summed E-state index contributed by atoms with van der Waals surface area (Å²) in [4.78, 5) is 13.2. The molecular formula is C16H14N2OS. The number of thioether (sulfide) groups is 1. The summed E-state index contributed by atoms with van der Waals surface area (Å²) >= 11 is 1.49. The Balaban J connectivity index is 2.03. The van der Waals surface area contributed by atoms with Crippen molar-refractivity contribution in [2.45, 2.75) is 17.1 Å². The Hall–Kier alpha value is -2.25. The van der Waals surface area contributed by atoms with Crippen molar-refractivity contribution in [1.29, 1.82) is 5.26 Å². The lowest BCUT2D eigenvalue weighted by Gasteiger charge is -2.12. The number of nitrogens with one attached hydrogen (secondary N) is 1. The van der Waals surface area contributed by atoms with E-state index in [0.29, 0.717) is 11.3 Å². The number of anilines is 1. The normalized spacial score (nSPS) is 11.4. The number of rotatable bonds is 4. The maximum absolute atomic E-state index is 12.1. The topological polar surface area (TPSA) is 52.9 Å². The zero-order valence-corrected chi connectivity index (χ0v) is 11.9. The SMILES string of the molecule is C[C@H](Sc1ccccc1)C(=O)Nc1ccccc1C#N. The van der Waals surface area contributed by atoms with Gasteiger partial charge in [0.15, 0.2) is 0 Å². The van der Waals surface area contributed by atoms with E-state index in [1.54, 1.807) is 24.3 Å². The maximum atomic E-state index is 12.1. The Morgan fingerprint density at radius 3 is 2.50 bits per heavy atom. The largest absolute Gasteiger partial charge is 0.324 e. The number of carbonyl (C=O) groups is 1. The first kappa shape index (κ1) is 14.2. The molecule has 1 atom stereocenters. The number of nitriles is 1. The third-order valence-corrected chi connectivity index (χ3v) is 3.84. The molecule has 4 heteroatoms. The van der Waals surface area contributed by atoms with Crippen LogP contribution in [0.1, 0.15) is 12.5 Å². The molecule has 3 nitrogen and oxygen atoms in total. The first-order valence-electron chi connectivity index (χ1n) is 6.22. The Bertz CT molecular complexity index is 634. The lowest BCUT2D eigenvalue weighted by atomic mass is 10.2. The summed E-state index contributed by atoms with van der Waals surface area (Å²) in [7, 11) is 0. The van der Waals surface area contributed by atoms with Gasteiger partial charge in [0.1, 0.15) is 6.07 Å². The van der Waals surface area contributed by atoms with Gasteiger partial charge in [-0.15, -0.1) is 11.8 Å². The van der Waals surface area contributed by atoms with E-state index in [1.165, 1.54) is 11.8 Å². The molecule has 0 unspecified atom stereocenters. The van der Waals surface area contributed by atoms with Gasteiger partial charge in [0.2, 0.25) is 5.91 Å². The molecule has 1 N–H and O–H groups in total. The maximum Gasteiger partial charge on any atom is 0.237 e. The first-order chi connectivity index (χ1) is 9.70. The third-order valence-electron chi connectivity index (χ3n) is 2.73. The van der Waals surface area contributed by atoms with Crippen LogP contribution in [0.4, 0.5) is 5.69 Å². The van der Waals surface area contributed by atoms with Crippen LogP contribution in [-0.2, 0) is 4.79 Å². The molecule has 0 aromatic heterocycles. The summed E-state index contributed by atoms with van der Waals surface area (Å²) < 4.78 is 0. The van der Waals surface area contributed by atoms with Crippen LogP contribution < -0.4 is 5.32 Å². The average Bonchev–Trinajstić information content (AvgIpc) is 2.48. The van der Waals surface area contributed by atoms with Crippen molar-refractivity contribution in [1.82, 2.24) is 0 Å². The fourth-order valence-corrected chi connectivity index (χ4v) is 2.57. The molecule has 0 saturated heterocycles. The molecule has 0 fully saturated rings. The fourth-order valence-electron chi connectivity index (χ4n) is 1.68. The number of amides is 1. The minimum Gasteiger partial charge on any atom is -0.324 e. The lowest BCUT2D eigenvalue weighted by molar-refractivity contribution is -0.115. The van der Waals surface area contributed by atoms with E-state index in [9.17, 15) is 4.79 Å². The molecule has 2 aromatic rings. The molecule has 0 saturated carbocycles. The van der Waals surface area contributed by atoms with Crippen molar-refractivity contribution in [2.24, 2.45) is 0 Å². The van der Waals surface area contributed by atoms with Crippen molar-refractivity contribution < 1.29 is 4.79 Å². The average molecular weight is 282 g/mol. The van der Waals surface area contributed by atoms with Crippen LogP contribution in [0.25, 0.3) is 0 Å². The van der Waals surface area contributed by atoms with Crippen LogP contribution in [0.3, 0.4) is 0 Å². The molecule has 20 heavy (non-hydrogen) atoms. The van der Waals surface area contributed by atoms with Crippen molar-refractivity contribution in [3.63, 3.8) is 0 Å². The standard InChI is InChI=1S/C16H14N2OS/c1-12(20-14-8-3-2-4-9-14)16(19)18-15-10-6-5-7-13(15)11-17/h2-10,12H,1H3,(H,18,19)/t12-/m0/s1. The number of hydrogen-bond donors (Lipinski definition) is 1. The highest BCUT2D eigenvalue weighted by molar-refractivity contribution is 8.00. The van der Waals surface area contributed by atoms with Crippen molar-refractivity contribution in [2.75, 3.05) is 5.32 Å². The highest BCUT2D eigenvalue weighted by Gasteiger charge is 2.15. The molecule has 0 aliphatic heterocycles. The molecule has 0 aliphatic rings. The molecule has 1 amide bonds. The quantitative estimate of drug-likeness (QED) is 0.870. The van der Waals surface area contributed by atoms with Gasteiger partial charge >= 0.3 is 0 Å². The van der Waals surface area contributed by atoms with Crippen LogP contribution in [0.5, 0.6) is 0 Å². The van der Waals surface area contributed by atoms with Gasteiger partial charge in [0.25, 0.3) is 0 Å². The molecule has 0 bridgehead atoms. The van der Waals surface area contributed by atoms with E-state index in [2.05, 4.69) is 11.4 Å². The summed E-state index contributed by atoms with van der Waals surface area (Å²) in [6.45, 7) is 1.85. The zero-order valence-electron chi connectivity index (χ0n) is 11.0. The van der Waals surface area contributed by atoms with Gasteiger partial charge in [-0.05, 0) is 31.2 Å². The molecule has 0 radical (unpaired) electrons. The summed E-state index contributed by atoms with van der Waals surface area (Å²) in [5, 5.41) is 11.6. The predicted molar refractivity (Wildman–Crippen MR) is 81.5 cm³/mol. The molecule has 2 rings (SSSR count). The van der Waals surface area contributed by atoms with Crippen LogP contribution >= 0.6 is 11.8 Å². The van der Waals surface area contributed by atoms with Crippen molar-refractivity contribution >= 4 is 23.4 Å². The second-order valence-electron chi connectivity index (χ2n) is 4.22. The summed E-state index contributed by atoms with van der Waals surface area (Å²) in [6.07, 6.45) is 0. The minimum absolute atomic E-state index is 0.110. The summed E-state index contributed by atoms with van der Waals surface area (Å²) in [5.74, 6) is -0.110. The van der Waals surface area contributed by atoms with Gasteiger partial charge in [0, 0.05) is 4.90 Å². The van der Waals surface area contributed by atoms with E-state index in [1.807, 2.05) is 37.3 Å². The first-order valence-corrected chi connectivity index (χ1v) is 7.10. The smallest absolute Gasteiger partial charge is 0.237 e. The fraction of sp³-hybridized carbons (Fsp3) is 0.125. The highest BCUT2D eigenvalue weighted by Crippen LogP contribution is 2.24. The number of benzene rings is 2. The predicted octanol–water partition coefficient (Wildman–Crippen LogP) is 3.68. The second kappa shape index (κ2) is 6.78. The summed E-state index contributed by atoms with van der Waals surface area (Å²) in [6, 6.07) is 18.8. The molecule has 100 valence electrons. The van der Waals surface area contributed by atoms with Gasteiger partial charge in [-0.3, -0.25) is 4.79 Å². The van der Waals surface area contributed by atoms with E-state index < -0.39 is 0 Å². The molecule has 0 heterocycles. The molecule has 0 spiro atoms. The van der Waals surface area contributed by atoms with E-state index >= 15 is 0 Å². The van der Waals surface area contributed by atoms with Crippen molar-refractivity contribution in [3.05, 3.63) is 60.2 Å². The molecular weight excluding hydrogens is 268 g/mol. The zero-order chi connectivity index (χ0) is 14.4. The number of hydrogen-bond acceptors (Lipinski definition) is 3. The van der Waals surface area contributed by atoms with Crippen LogP contribution in [-0.4, -0.2) is 11.2 Å². The third kappa shape index (κ3) is 3.62. The minimum atomic E-state index is -0.232. The van der Waals surface area contributed by atoms with E-state index in [0.717, 1.165) is 4.90 Å². The monoisotopic (exact) mass is 282 g/mol. The molecule has 2 aromatic carbocycles. The number of para-hydroxylation sites is 1. The number of carbonyl (C=O) groups excluding carboxylic acids is 1. The highest BCUT2D eigenvalue weighted by atomic mass is 32.2. The Morgan fingerprint density at radius 1 is 1.15 bits per heavy atom. The Kier molecular flexibility index (Phi) is 4.80. The Morgan fingerprint density at radius 2 is 1.80 bits per heavy atom. The van der Waals surface area contributed by atoms with Gasteiger partial charge in [-0.2, -0.15) is 5.26 Å². The summed E-state index contributed by atoms with van der Waals surface area (Å²) in [5.41, 5.74) is 1.03. The van der Waals surface area contributed by atoms with Crippen molar-refractivity contribution in [3.8, 4) is 6.07 Å². The lowest BCUT2D eigenvalue weighted by Crippen LogP contribution is -2.22. The van der Waals surface area contributed by atoms with Gasteiger partial charge in [-0.25, -0.2) is 0 Å². The van der Waals surface area contributed by atoms with Crippen LogP contribution in [0.15, 0.2) is 59.5 Å². The van der Waals surface area contributed by atoms with Crippen LogP contribution in [0.2, 0.25) is 0 Å². The van der Waals surface area contributed by atoms with E-state index in [-0.39, 0.29) is 11.2 Å². The van der Waals surface area contributed by atoms with Gasteiger partial charge < -0.3 is 5.32 Å². The van der Waals surface area contributed by atoms with Crippen LogP contribution in [0, 0.1) is 11.3 Å². The number of nitrogens with zero attached hydrogens (tertiary/aromatic N) is 1. The Labute approximate surface area is 122 Å². The van der Waals surface area contributed by atoms with E-state index in [4.69, 9.17) is 5.26 Å². The molecule has 0 aliphatic carbocycles. The van der Waals surface area contributed by atoms with Gasteiger partial charge in [-0.1, -0.05) is 30.3 Å².